The van der Waals surface area contributed by atoms with Crippen molar-refractivity contribution in [2.75, 3.05) is 6.54 Å². The van der Waals surface area contributed by atoms with Gasteiger partial charge in [-0.2, -0.15) is 0 Å². The highest BCUT2D eigenvalue weighted by molar-refractivity contribution is 5.78. The monoisotopic (exact) mass is 313 g/mol. The van der Waals surface area contributed by atoms with Gasteiger partial charge in [-0.05, 0) is 42.0 Å². The second kappa shape index (κ2) is 6.50. The Labute approximate surface area is 135 Å². The van der Waals surface area contributed by atoms with Crippen LogP contribution in [0.5, 0.6) is 0 Å². The van der Waals surface area contributed by atoms with Crippen molar-refractivity contribution in [3.8, 4) is 0 Å². The molecule has 2 aromatic carbocycles. The van der Waals surface area contributed by atoms with Crippen molar-refractivity contribution >= 4 is 5.91 Å². The molecule has 1 aliphatic carbocycles. The number of hydrogen-bond donors (Lipinski definition) is 2. The maximum absolute atomic E-state index is 12.9. The van der Waals surface area contributed by atoms with Gasteiger partial charge in [-0.15, -0.1) is 0 Å². The molecule has 1 fully saturated rings. The van der Waals surface area contributed by atoms with Crippen LogP contribution in [0.1, 0.15) is 24.0 Å². The van der Waals surface area contributed by atoms with Crippen LogP contribution in [0.2, 0.25) is 0 Å². The van der Waals surface area contributed by atoms with Crippen molar-refractivity contribution in [3.63, 3.8) is 0 Å². The lowest BCUT2D eigenvalue weighted by atomic mass is 9.88. The van der Waals surface area contributed by atoms with Crippen LogP contribution in [-0.4, -0.2) is 17.6 Å². The van der Waals surface area contributed by atoms with Gasteiger partial charge in [0.05, 0.1) is 13.0 Å². The maximum atomic E-state index is 12.9. The first-order chi connectivity index (χ1) is 11.1. The Hall–Kier alpha value is -2.20. The molecule has 1 amide bonds. The molecule has 1 aliphatic rings. The molecule has 120 valence electrons. The minimum atomic E-state index is -1.01. The summed E-state index contributed by atoms with van der Waals surface area (Å²) in [6, 6.07) is 15.4. The van der Waals surface area contributed by atoms with Gasteiger partial charge in [0.1, 0.15) is 11.4 Å². The Bertz CT molecular complexity index is 668. The summed E-state index contributed by atoms with van der Waals surface area (Å²) in [6.45, 7) is 0.196. The third-order valence-electron chi connectivity index (χ3n) is 4.36. The molecule has 0 unspecified atom stereocenters. The summed E-state index contributed by atoms with van der Waals surface area (Å²) < 4.78 is 12.9. The lowest BCUT2D eigenvalue weighted by Crippen LogP contribution is -2.43. The fourth-order valence-electron chi connectivity index (χ4n) is 2.85. The van der Waals surface area contributed by atoms with Gasteiger partial charge in [-0.25, -0.2) is 4.39 Å². The number of halogens is 1. The molecule has 0 aromatic heterocycles. The smallest absolute Gasteiger partial charge is 0.224 e. The summed E-state index contributed by atoms with van der Waals surface area (Å²) in [5.74, 6) is -0.302. The normalized spacial score (nSPS) is 16.6. The topological polar surface area (TPSA) is 49.3 Å². The molecular formula is C19H20FNO2. The predicted molar refractivity (Wildman–Crippen MR) is 86.2 cm³/mol. The van der Waals surface area contributed by atoms with Crippen LogP contribution in [0.3, 0.4) is 0 Å². The van der Waals surface area contributed by atoms with Crippen molar-refractivity contribution in [1.82, 2.24) is 5.32 Å². The van der Waals surface area contributed by atoms with Crippen LogP contribution in [0.15, 0.2) is 54.6 Å². The third kappa shape index (κ3) is 3.77. The number of rotatable bonds is 6. The van der Waals surface area contributed by atoms with Gasteiger partial charge in [0.25, 0.3) is 0 Å². The fourth-order valence-corrected chi connectivity index (χ4v) is 2.85. The predicted octanol–water partition coefficient (Wildman–Crippen LogP) is 2.78. The number of carbonyl (C=O) groups is 1. The highest BCUT2D eigenvalue weighted by Crippen LogP contribution is 2.45. The van der Waals surface area contributed by atoms with E-state index in [1.54, 1.807) is 12.1 Å². The molecule has 3 nitrogen and oxygen atoms in total. The van der Waals surface area contributed by atoms with Gasteiger partial charge in [0.2, 0.25) is 5.91 Å². The largest absolute Gasteiger partial charge is 0.383 e. The van der Waals surface area contributed by atoms with Crippen molar-refractivity contribution < 1.29 is 14.3 Å². The van der Waals surface area contributed by atoms with Crippen LogP contribution in [0.4, 0.5) is 4.39 Å². The summed E-state index contributed by atoms with van der Waals surface area (Å²) in [5, 5.41) is 13.8. The van der Waals surface area contributed by atoms with Crippen molar-refractivity contribution in [2.45, 2.75) is 24.9 Å². The Morgan fingerprint density at radius 1 is 1.13 bits per heavy atom. The third-order valence-corrected chi connectivity index (χ3v) is 4.36. The van der Waals surface area contributed by atoms with E-state index in [0.29, 0.717) is 0 Å². The van der Waals surface area contributed by atoms with E-state index in [1.807, 2.05) is 30.3 Å². The number of carbonyl (C=O) groups excluding carboxylic acids is 1. The minimum Gasteiger partial charge on any atom is -0.383 e. The molecule has 0 heterocycles. The zero-order chi connectivity index (χ0) is 16.3. The summed E-state index contributed by atoms with van der Waals surface area (Å²) >= 11 is 0. The second-order valence-electron chi connectivity index (χ2n) is 6.14. The first kappa shape index (κ1) is 15.7. The van der Waals surface area contributed by atoms with Crippen molar-refractivity contribution in [3.05, 3.63) is 71.5 Å². The molecule has 4 heteroatoms. The molecule has 0 saturated heterocycles. The lowest BCUT2D eigenvalue weighted by molar-refractivity contribution is -0.122. The van der Waals surface area contributed by atoms with Crippen LogP contribution >= 0.6 is 0 Å². The van der Waals surface area contributed by atoms with Crippen LogP contribution in [0, 0.1) is 11.7 Å². The highest BCUT2D eigenvalue weighted by Gasteiger charge is 2.45. The van der Waals surface area contributed by atoms with Crippen LogP contribution in [0.25, 0.3) is 0 Å². The number of aliphatic hydroxyl groups is 1. The van der Waals surface area contributed by atoms with Gasteiger partial charge >= 0.3 is 0 Å². The summed E-state index contributed by atoms with van der Waals surface area (Å²) in [6.07, 6.45) is 2.12. The zero-order valence-corrected chi connectivity index (χ0v) is 12.8. The van der Waals surface area contributed by atoms with Gasteiger partial charge in [0, 0.05) is 0 Å². The average molecular weight is 313 g/mol. The summed E-state index contributed by atoms with van der Waals surface area (Å²) in [5.41, 5.74) is 0.572. The average Bonchev–Trinajstić information content (AvgIpc) is 3.41. The first-order valence-electron chi connectivity index (χ1n) is 7.87. The van der Waals surface area contributed by atoms with E-state index in [1.165, 1.54) is 12.1 Å². The quantitative estimate of drug-likeness (QED) is 0.861. The van der Waals surface area contributed by atoms with E-state index in [2.05, 4.69) is 5.32 Å². The minimum absolute atomic E-state index is 0.174. The van der Waals surface area contributed by atoms with Gasteiger partial charge in [0.15, 0.2) is 0 Å². The van der Waals surface area contributed by atoms with E-state index in [-0.39, 0.29) is 30.6 Å². The standard InChI is InChI=1S/C19H20FNO2/c20-17-10-6-14(7-11-17)12-18(22)21-13-19(23,16-8-9-16)15-4-2-1-3-5-15/h1-7,10-11,16,23H,8-9,12-13H2,(H,21,22)/t19-/m0/s1. The van der Waals surface area contributed by atoms with Gasteiger partial charge in [-0.3, -0.25) is 4.79 Å². The first-order valence-corrected chi connectivity index (χ1v) is 7.87. The molecular weight excluding hydrogens is 293 g/mol. The van der Waals surface area contributed by atoms with Gasteiger partial charge < -0.3 is 10.4 Å². The molecule has 23 heavy (non-hydrogen) atoms. The maximum Gasteiger partial charge on any atom is 0.224 e. The molecule has 1 atom stereocenters. The Morgan fingerprint density at radius 2 is 1.78 bits per heavy atom. The highest BCUT2D eigenvalue weighted by atomic mass is 19.1. The Balaban J connectivity index is 1.63. The van der Waals surface area contributed by atoms with Crippen LogP contribution in [-0.2, 0) is 16.8 Å². The van der Waals surface area contributed by atoms with E-state index in [0.717, 1.165) is 24.0 Å². The fraction of sp³-hybridized carbons (Fsp3) is 0.316. The summed E-state index contributed by atoms with van der Waals surface area (Å²) in [7, 11) is 0. The summed E-state index contributed by atoms with van der Waals surface area (Å²) in [4.78, 5) is 12.1. The van der Waals surface area contributed by atoms with Gasteiger partial charge in [-0.1, -0.05) is 42.5 Å². The SMILES string of the molecule is O=C(Cc1ccc(F)cc1)NC[C@](O)(c1ccccc1)C1CC1. The van der Waals surface area contributed by atoms with Crippen molar-refractivity contribution in [1.29, 1.82) is 0 Å². The van der Waals surface area contributed by atoms with E-state index < -0.39 is 5.60 Å². The Kier molecular flexibility index (Phi) is 4.44. The number of benzene rings is 2. The molecule has 2 aromatic rings. The number of nitrogens with one attached hydrogen (secondary N) is 1. The number of amides is 1. The molecule has 3 rings (SSSR count). The molecule has 0 spiro atoms. The molecule has 2 N–H and O–H groups in total. The molecule has 0 radical (unpaired) electrons. The molecule has 1 saturated carbocycles. The number of hydrogen-bond acceptors (Lipinski definition) is 2. The Morgan fingerprint density at radius 3 is 2.39 bits per heavy atom. The van der Waals surface area contributed by atoms with E-state index in [4.69, 9.17) is 0 Å². The van der Waals surface area contributed by atoms with E-state index >= 15 is 0 Å². The lowest BCUT2D eigenvalue weighted by Gasteiger charge is -2.29. The molecule has 0 aliphatic heterocycles. The molecule has 0 bridgehead atoms. The van der Waals surface area contributed by atoms with Crippen LogP contribution < -0.4 is 5.32 Å². The van der Waals surface area contributed by atoms with E-state index in [9.17, 15) is 14.3 Å². The zero-order valence-electron chi connectivity index (χ0n) is 12.8. The van der Waals surface area contributed by atoms with Crippen molar-refractivity contribution in [2.24, 2.45) is 5.92 Å². The second-order valence-corrected chi connectivity index (χ2v) is 6.14.